The molecular formula is C20H23NO3. The van der Waals surface area contributed by atoms with Crippen LogP contribution in [0.3, 0.4) is 0 Å². The number of benzene rings is 2. The number of carbonyl (C=O) groups excluding carboxylic acids is 1. The third-order valence-electron chi connectivity index (χ3n) is 4.35. The molecule has 1 aliphatic rings. The van der Waals surface area contributed by atoms with E-state index in [9.17, 15) is 9.90 Å². The molecule has 1 heterocycles. The van der Waals surface area contributed by atoms with Gasteiger partial charge >= 0.3 is 0 Å². The van der Waals surface area contributed by atoms with Gasteiger partial charge < -0.3 is 14.7 Å². The number of aliphatic hydroxyl groups excluding tert-OH is 1. The Labute approximate surface area is 142 Å². The summed E-state index contributed by atoms with van der Waals surface area (Å²) in [6.07, 6.45) is 0.168. The predicted molar refractivity (Wildman–Crippen MR) is 92.5 cm³/mol. The summed E-state index contributed by atoms with van der Waals surface area (Å²) in [7, 11) is 0. The van der Waals surface area contributed by atoms with Crippen molar-refractivity contribution in [3.8, 4) is 0 Å². The second kappa shape index (κ2) is 8.08. The zero-order valence-electron chi connectivity index (χ0n) is 13.7. The van der Waals surface area contributed by atoms with Gasteiger partial charge in [0.25, 0.3) is 0 Å². The van der Waals surface area contributed by atoms with Crippen molar-refractivity contribution in [1.29, 1.82) is 0 Å². The van der Waals surface area contributed by atoms with Gasteiger partial charge in [-0.25, -0.2) is 0 Å². The van der Waals surface area contributed by atoms with Crippen LogP contribution in [0.2, 0.25) is 0 Å². The van der Waals surface area contributed by atoms with Gasteiger partial charge in [-0.15, -0.1) is 0 Å². The molecule has 0 aromatic heterocycles. The number of hydrogen-bond acceptors (Lipinski definition) is 3. The summed E-state index contributed by atoms with van der Waals surface area (Å²) in [5.74, 6) is -0.0206. The minimum atomic E-state index is -0.755. The molecule has 1 amide bonds. The Bertz CT molecular complexity index is 644. The minimum absolute atomic E-state index is 0.0129. The predicted octanol–water partition coefficient (Wildman–Crippen LogP) is 2.58. The Morgan fingerprint density at radius 1 is 1.12 bits per heavy atom. The standard InChI is InChI=1S/C20H23NO3/c22-19(17-9-5-2-6-10-17)14-20(23)21-11-12-24-18(15-21)13-16-7-3-1-4-8-16/h1-10,18-19,22H,11-15H2. The van der Waals surface area contributed by atoms with Crippen LogP contribution in [0.25, 0.3) is 0 Å². The largest absolute Gasteiger partial charge is 0.388 e. The quantitative estimate of drug-likeness (QED) is 0.919. The summed E-state index contributed by atoms with van der Waals surface area (Å²) < 4.78 is 5.80. The van der Waals surface area contributed by atoms with Crippen LogP contribution in [0.15, 0.2) is 60.7 Å². The number of aliphatic hydroxyl groups is 1. The Morgan fingerprint density at radius 2 is 1.79 bits per heavy atom. The zero-order valence-corrected chi connectivity index (χ0v) is 13.7. The summed E-state index contributed by atoms with van der Waals surface area (Å²) in [5, 5.41) is 10.2. The first-order valence-corrected chi connectivity index (χ1v) is 8.38. The molecule has 0 aliphatic carbocycles. The van der Waals surface area contributed by atoms with Gasteiger partial charge in [0.2, 0.25) is 5.91 Å². The Kier molecular flexibility index (Phi) is 5.62. The van der Waals surface area contributed by atoms with Crippen molar-refractivity contribution in [2.24, 2.45) is 0 Å². The normalized spacial score (nSPS) is 19.0. The van der Waals surface area contributed by atoms with Crippen LogP contribution in [0.5, 0.6) is 0 Å². The number of nitrogens with zero attached hydrogens (tertiary/aromatic N) is 1. The van der Waals surface area contributed by atoms with Crippen LogP contribution in [0.1, 0.15) is 23.7 Å². The molecule has 3 rings (SSSR count). The average molecular weight is 325 g/mol. The average Bonchev–Trinajstić information content (AvgIpc) is 2.63. The number of amides is 1. The Morgan fingerprint density at radius 3 is 2.50 bits per heavy atom. The molecule has 4 heteroatoms. The van der Waals surface area contributed by atoms with Gasteiger partial charge in [0.15, 0.2) is 0 Å². The van der Waals surface area contributed by atoms with Crippen LogP contribution in [-0.2, 0) is 16.0 Å². The van der Waals surface area contributed by atoms with E-state index >= 15 is 0 Å². The number of carbonyl (C=O) groups is 1. The second-order valence-electron chi connectivity index (χ2n) is 6.15. The lowest BCUT2D eigenvalue weighted by molar-refractivity contribution is -0.140. The van der Waals surface area contributed by atoms with Gasteiger partial charge in [0, 0.05) is 19.5 Å². The van der Waals surface area contributed by atoms with E-state index in [1.807, 2.05) is 53.4 Å². The van der Waals surface area contributed by atoms with Crippen molar-refractivity contribution in [3.05, 3.63) is 71.8 Å². The van der Waals surface area contributed by atoms with E-state index in [-0.39, 0.29) is 18.4 Å². The lowest BCUT2D eigenvalue weighted by atomic mass is 10.0. The highest BCUT2D eigenvalue weighted by molar-refractivity contribution is 5.77. The van der Waals surface area contributed by atoms with Gasteiger partial charge in [0.1, 0.15) is 0 Å². The molecule has 2 aromatic rings. The summed E-state index contributed by atoms with van der Waals surface area (Å²) in [6.45, 7) is 1.71. The molecule has 1 saturated heterocycles. The molecule has 2 aromatic carbocycles. The molecule has 2 atom stereocenters. The highest BCUT2D eigenvalue weighted by atomic mass is 16.5. The van der Waals surface area contributed by atoms with Crippen LogP contribution in [0.4, 0.5) is 0 Å². The fourth-order valence-electron chi connectivity index (χ4n) is 3.03. The summed E-state index contributed by atoms with van der Waals surface area (Å²) in [5.41, 5.74) is 1.99. The molecule has 0 spiro atoms. The van der Waals surface area contributed by atoms with Gasteiger partial charge in [-0.1, -0.05) is 60.7 Å². The zero-order chi connectivity index (χ0) is 16.8. The van der Waals surface area contributed by atoms with Gasteiger partial charge in [0.05, 0.1) is 25.2 Å². The molecule has 1 N–H and O–H groups in total. The van der Waals surface area contributed by atoms with Crippen molar-refractivity contribution < 1.29 is 14.6 Å². The molecule has 4 nitrogen and oxygen atoms in total. The fourth-order valence-corrected chi connectivity index (χ4v) is 3.03. The highest BCUT2D eigenvalue weighted by Gasteiger charge is 2.26. The second-order valence-corrected chi connectivity index (χ2v) is 6.15. The molecule has 0 saturated carbocycles. The molecule has 0 bridgehead atoms. The summed E-state index contributed by atoms with van der Waals surface area (Å²) in [6, 6.07) is 19.5. The van der Waals surface area contributed by atoms with E-state index in [0.717, 1.165) is 12.0 Å². The van der Waals surface area contributed by atoms with Crippen molar-refractivity contribution in [1.82, 2.24) is 4.90 Å². The van der Waals surface area contributed by atoms with E-state index in [1.165, 1.54) is 5.56 Å². The highest BCUT2D eigenvalue weighted by Crippen LogP contribution is 2.19. The van der Waals surface area contributed by atoms with Crippen molar-refractivity contribution in [2.75, 3.05) is 19.7 Å². The smallest absolute Gasteiger partial charge is 0.225 e. The molecule has 24 heavy (non-hydrogen) atoms. The molecule has 0 radical (unpaired) electrons. The topological polar surface area (TPSA) is 49.8 Å². The van der Waals surface area contributed by atoms with Gasteiger partial charge in [-0.3, -0.25) is 4.79 Å². The lowest BCUT2D eigenvalue weighted by Gasteiger charge is -2.33. The number of hydrogen-bond donors (Lipinski definition) is 1. The first kappa shape index (κ1) is 16.7. The van der Waals surface area contributed by atoms with E-state index < -0.39 is 6.10 Å². The maximum Gasteiger partial charge on any atom is 0.225 e. The maximum atomic E-state index is 12.5. The molecule has 126 valence electrons. The molecule has 1 fully saturated rings. The van der Waals surface area contributed by atoms with Crippen molar-refractivity contribution in [2.45, 2.75) is 25.0 Å². The number of ether oxygens (including phenoxy) is 1. The Hall–Kier alpha value is -2.17. The van der Waals surface area contributed by atoms with E-state index in [2.05, 4.69) is 12.1 Å². The summed E-state index contributed by atoms with van der Waals surface area (Å²) >= 11 is 0. The van der Waals surface area contributed by atoms with Crippen molar-refractivity contribution in [3.63, 3.8) is 0 Å². The fraction of sp³-hybridized carbons (Fsp3) is 0.350. The first-order chi connectivity index (χ1) is 11.7. The van der Waals surface area contributed by atoms with Crippen LogP contribution >= 0.6 is 0 Å². The van der Waals surface area contributed by atoms with Crippen LogP contribution in [0, 0.1) is 0 Å². The van der Waals surface area contributed by atoms with Gasteiger partial charge in [-0.2, -0.15) is 0 Å². The van der Waals surface area contributed by atoms with Crippen LogP contribution < -0.4 is 0 Å². The molecule has 1 aliphatic heterocycles. The van der Waals surface area contributed by atoms with Gasteiger partial charge in [-0.05, 0) is 11.1 Å². The lowest BCUT2D eigenvalue weighted by Crippen LogP contribution is -2.46. The SMILES string of the molecule is O=C(CC(O)c1ccccc1)N1CCOC(Cc2ccccc2)C1. The molecular weight excluding hydrogens is 302 g/mol. The van der Waals surface area contributed by atoms with E-state index in [4.69, 9.17) is 4.74 Å². The monoisotopic (exact) mass is 325 g/mol. The maximum absolute atomic E-state index is 12.5. The number of morpholine rings is 1. The van der Waals surface area contributed by atoms with Crippen molar-refractivity contribution >= 4 is 5.91 Å². The summed E-state index contributed by atoms with van der Waals surface area (Å²) in [4.78, 5) is 14.3. The minimum Gasteiger partial charge on any atom is -0.388 e. The number of rotatable bonds is 5. The Balaban J connectivity index is 1.55. The van der Waals surface area contributed by atoms with E-state index in [0.29, 0.717) is 19.7 Å². The third kappa shape index (κ3) is 4.43. The molecule has 2 unspecified atom stereocenters. The first-order valence-electron chi connectivity index (χ1n) is 8.38. The van der Waals surface area contributed by atoms with E-state index in [1.54, 1.807) is 0 Å². The van der Waals surface area contributed by atoms with Crippen LogP contribution in [-0.4, -0.2) is 41.7 Å². The third-order valence-corrected chi connectivity index (χ3v) is 4.35.